The Bertz CT molecular complexity index is 467. The molecule has 2 aromatic rings. The summed E-state index contributed by atoms with van der Waals surface area (Å²) in [5.74, 6) is 0. The van der Waals surface area contributed by atoms with Crippen LogP contribution in [0.5, 0.6) is 0 Å². The summed E-state index contributed by atoms with van der Waals surface area (Å²) in [4.78, 5) is 2.08. The Morgan fingerprint density at radius 2 is 2.07 bits per heavy atom. The zero-order valence-corrected chi connectivity index (χ0v) is 11.4. The van der Waals surface area contributed by atoms with E-state index < -0.39 is 0 Å². The van der Waals surface area contributed by atoms with Gasteiger partial charge in [0.15, 0.2) is 3.01 Å². The second kappa shape index (κ2) is 4.44. The van der Waals surface area contributed by atoms with E-state index in [9.17, 15) is 0 Å². The molecule has 0 atom stereocenters. The van der Waals surface area contributed by atoms with Crippen molar-refractivity contribution in [2.45, 2.75) is 0 Å². The van der Waals surface area contributed by atoms with E-state index in [0.29, 0.717) is 0 Å². The lowest BCUT2D eigenvalue weighted by atomic mass is 10.2. The lowest BCUT2D eigenvalue weighted by Gasteiger charge is -2.12. The van der Waals surface area contributed by atoms with Gasteiger partial charge in [0, 0.05) is 25.3 Å². The second-order valence-corrected chi connectivity index (χ2v) is 6.04. The first-order chi connectivity index (χ1) is 7.16. The van der Waals surface area contributed by atoms with Gasteiger partial charge in [-0.1, -0.05) is 23.5 Å². The third-order valence-electron chi connectivity index (χ3n) is 2.01. The molecule has 15 heavy (non-hydrogen) atoms. The van der Waals surface area contributed by atoms with Gasteiger partial charge in [-0.3, -0.25) is 0 Å². The minimum Gasteiger partial charge on any atom is -0.378 e. The Balaban J connectivity index is 2.41. The van der Waals surface area contributed by atoms with Crippen molar-refractivity contribution in [3.8, 4) is 10.6 Å². The van der Waals surface area contributed by atoms with Crippen molar-refractivity contribution in [1.29, 1.82) is 0 Å². The molecule has 1 aromatic carbocycles. The molecule has 0 radical (unpaired) electrons. The van der Waals surface area contributed by atoms with Crippen LogP contribution in [0.25, 0.3) is 10.6 Å². The Morgan fingerprint density at radius 1 is 1.27 bits per heavy atom. The van der Waals surface area contributed by atoms with E-state index in [2.05, 4.69) is 55.9 Å². The molecule has 78 valence electrons. The zero-order valence-electron chi connectivity index (χ0n) is 8.44. The van der Waals surface area contributed by atoms with Crippen molar-refractivity contribution in [1.82, 2.24) is 10.2 Å². The fourth-order valence-corrected chi connectivity index (χ4v) is 2.54. The fourth-order valence-electron chi connectivity index (χ4n) is 1.24. The van der Waals surface area contributed by atoms with Crippen LogP contribution in [0.1, 0.15) is 0 Å². The van der Waals surface area contributed by atoms with Crippen LogP contribution in [0.3, 0.4) is 0 Å². The molecule has 1 heterocycles. The standard InChI is InChI=1S/C10H10IN3S/c1-14(2)8-5-3-4-7(6-8)9-12-13-10(11)15-9/h3-6H,1-2H3. The Hall–Kier alpha value is -0.690. The van der Waals surface area contributed by atoms with Gasteiger partial charge in [0.2, 0.25) is 0 Å². The number of benzene rings is 1. The van der Waals surface area contributed by atoms with Crippen LogP contribution in [0.4, 0.5) is 5.69 Å². The summed E-state index contributed by atoms with van der Waals surface area (Å²) >= 11 is 3.79. The summed E-state index contributed by atoms with van der Waals surface area (Å²) < 4.78 is 0.970. The normalized spacial score (nSPS) is 10.3. The Kier molecular flexibility index (Phi) is 3.20. The van der Waals surface area contributed by atoms with Gasteiger partial charge >= 0.3 is 0 Å². The first-order valence-electron chi connectivity index (χ1n) is 4.43. The molecular weight excluding hydrogens is 321 g/mol. The molecule has 0 unspecified atom stereocenters. The van der Waals surface area contributed by atoms with Gasteiger partial charge < -0.3 is 4.90 Å². The number of nitrogens with zero attached hydrogens (tertiary/aromatic N) is 3. The Morgan fingerprint density at radius 3 is 2.67 bits per heavy atom. The van der Waals surface area contributed by atoms with Crippen molar-refractivity contribution >= 4 is 39.6 Å². The van der Waals surface area contributed by atoms with E-state index in [-0.39, 0.29) is 0 Å². The van der Waals surface area contributed by atoms with Crippen molar-refractivity contribution in [3.63, 3.8) is 0 Å². The molecule has 1 aromatic heterocycles. The van der Waals surface area contributed by atoms with E-state index in [4.69, 9.17) is 0 Å². The third-order valence-corrected chi connectivity index (χ3v) is 3.65. The molecule has 0 saturated carbocycles. The molecule has 5 heteroatoms. The van der Waals surface area contributed by atoms with Gasteiger partial charge in [-0.25, -0.2) is 0 Å². The summed E-state index contributed by atoms with van der Waals surface area (Å²) in [5.41, 5.74) is 2.30. The summed E-state index contributed by atoms with van der Waals surface area (Å²) in [5, 5.41) is 9.11. The molecule has 0 N–H and O–H groups in total. The average Bonchev–Trinajstić information content (AvgIpc) is 2.65. The predicted octanol–water partition coefficient (Wildman–Crippen LogP) is 2.88. The summed E-state index contributed by atoms with van der Waals surface area (Å²) in [6, 6.07) is 8.30. The third kappa shape index (κ3) is 2.46. The minimum absolute atomic E-state index is 0.970. The number of rotatable bonds is 2. The van der Waals surface area contributed by atoms with E-state index in [1.807, 2.05) is 20.2 Å². The molecule has 0 spiro atoms. The highest BCUT2D eigenvalue weighted by molar-refractivity contribution is 14.1. The molecule has 3 nitrogen and oxygen atoms in total. The number of anilines is 1. The summed E-state index contributed by atoms with van der Waals surface area (Å²) in [7, 11) is 4.06. The monoisotopic (exact) mass is 331 g/mol. The lowest BCUT2D eigenvalue weighted by Crippen LogP contribution is -2.08. The van der Waals surface area contributed by atoms with Gasteiger partial charge in [0.25, 0.3) is 0 Å². The van der Waals surface area contributed by atoms with Crippen molar-refractivity contribution in [2.24, 2.45) is 0 Å². The molecule has 0 aliphatic carbocycles. The highest BCUT2D eigenvalue weighted by Gasteiger charge is 2.05. The van der Waals surface area contributed by atoms with Crippen molar-refractivity contribution < 1.29 is 0 Å². The minimum atomic E-state index is 0.970. The van der Waals surface area contributed by atoms with E-state index in [1.165, 1.54) is 5.69 Å². The van der Waals surface area contributed by atoms with Crippen LogP contribution in [0.2, 0.25) is 0 Å². The average molecular weight is 331 g/mol. The largest absolute Gasteiger partial charge is 0.378 e. The van der Waals surface area contributed by atoms with Crippen molar-refractivity contribution in [2.75, 3.05) is 19.0 Å². The first kappa shape index (κ1) is 10.8. The molecule has 2 rings (SSSR count). The maximum absolute atomic E-state index is 4.13. The smallest absolute Gasteiger partial charge is 0.178 e. The van der Waals surface area contributed by atoms with Gasteiger partial charge in [-0.15, -0.1) is 10.2 Å². The van der Waals surface area contributed by atoms with Crippen LogP contribution >= 0.6 is 33.9 Å². The maximum Gasteiger partial charge on any atom is 0.178 e. The van der Waals surface area contributed by atoms with Gasteiger partial charge in [-0.2, -0.15) is 0 Å². The number of hydrogen-bond donors (Lipinski definition) is 0. The highest BCUT2D eigenvalue weighted by atomic mass is 127. The molecule has 0 fully saturated rings. The van der Waals surface area contributed by atoms with Crippen LogP contribution < -0.4 is 4.90 Å². The maximum atomic E-state index is 4.13. The van der Waals surface area contributed by atoms with Gasteiger partial charge in [0.05, 0.1) is 0 Å². The Labute approximate surface area is 106 Å². The fraction of sp³-hybridized carbons (Fsp3) is 0.200. The van der Waals surface area contributed by atoms with E-state index >= 15 is 0 Å². The lowest BCUT2D eigenvalue weighted by molar-refractivity contribution is 1.07. The number of hydrogen-bond acceptors (Lipinski definition) is 4. The topological polar surface area (TPSA) is 29.0 Å². The molecule has 0 aliphatic rings. The number of halogens is 1. The van der Waals surface area contributed by atoms with Crippen LogP contribution in [0.15, 0.2) is 24.3 Å². The summed E-state index contributed by atoms with van der Waals surface area (Å²) in [6.45, 7) is 0. The molecule has 0 aliphatic heterocycles. The second-order valence-electron chi connectivity index (χ2n) is 3.30. The van der Waals surface area contributed by atoms with Gasteiger partial charge in [0.1, 0.15) is 5.01 Å². The molecule has 0 amide bonds. The molecule has 0 saturated heterocycles. The van der Waals surface area contributed by atoms with Gasteiger partial charge in [-0.05, 0) is 34.7 Å². The van der Waals surface area contributed by atoms with E-state index in [0.717, 1.165) is 13.6 Å². The molecular formula is C10H10IN3S. The zero-order chi connectivity index (χ0) is 10.8. The van der Waals surface area contributed by atoms with Crippen LogP contribution in [-0.4, -0.2) is 24.3 Å². The quantitative estimate of drug-likeness (QED) is 0.793. The van der Waals surface area contributed by atoms with Crippen LogP contribution in [-0.2, 0) is 0 Å². The summed E-state index contributed by atoms with van der Waals surface area (Å²) in [6.07, 6.45) is 0. The first-order valence-corrected chi connectivity index (χ1v) is 6.33. The molecule has 0 bridgehead atoms. The van der Waals surface area contributed by atoms with Crippen LogP contribution in [0, 0.1) is 3.01 Å². The predicted molar refractivity (Wildman–Crippen MR) is 72.4 cm³/mol. The van der Waals surface area contributed by atoms with E-state index in [1.54, 1.807) is 11.3 Å². The SMILES string of the molecule is CN(C)c1cccc(-c2nnc(I)s2)c1. The highest BCUT2D eigenvalue weighted by Crippen LogP contribution is 2.26. The number of aromatic nitrogens is 2. The van der Waals surface area contributed by atoms with Crippen molar-refractivity contribution in [3.05, 3.63) is 27.3 Å².